The molecule has 4 heteroatoms. The second kappa shape index (κ2) is 5.80. The lowest BCUT2D eigenvalue weighted by Gasteiger charge is -2.16. The van der Waals surface area contributed by atoms with Crippen LogP contribution in [0.2, 0.25) is 0 Å². The van der Waals surface area contributed by atoms with Gasteiger partial charge in [0, 0.05) is 6.04 Å². The maximum Gasteiger partial charge on any atom is 0.336 e. The molecule has 2 N–H and O–H groups in total. The highest BCUT2D eigenvalue weighted by molar-refractivity contribution is 5.75. The van der Waals surface area contributed by atoms with Crippen LogP contribution in [0.1, 0.15) is 18.4 Å². The predicted octanol–water partition coefficient (Wildman–Crippen LogP) is 0.843. The van der Waals surface area contributed by atoms with Gasteiger partial charge in [0.25, 0.3) is 0 Å². The smallest absolute Gasteiger partial charge is 0.336 e. The Hall–Kier alpha value is -1.39. The van der Waals surface area contributed by atoms with E-state index in [9.17, 15) is 9.90 Å². The highest BCUT2D eigenvalue weighted by atomic mass is 16.5. The number of hydrogen-bond acceptors (Lipinski definition) is 4. The van der Waals surface area contributed by atoms with Gasteiger partial charge in [-0.25, -0.2) is 4.79 Å². The average Bonchev–Trinajstić information content (AvgIpc) is 2.90. The molecule has 0 aromatic heterocycles. The number of carbonyl (C=O) groups is 1. The third-order valence-electron chi connectivity index (χ3n) is 2.94. The Morgan fingerprint density at radius 1 is 1.47 bits per heavy atom. The van der Waals surface area contributed by atoms with E-state index in [0.29, 0.717) is 0 Å². The summed E-state index contributed by atoms with van der Waals surface area (Å²) in [5, 5.41) is 12.8. The van der Waals surface area contributed by atoms with Crippen LogP contribution < -0.4 is 5.32 Å². The van der Waals surface area contributed by atoms with Crippen molar-refractivity contribution < 1.29 is 14.6 Å². The number of ether oxygens (including phenoxy) is 1. The van der Waals surface area contributed by atoms with Crippen molar-refractivity contribution in [3.8, 4) is 0 Å². The van der Waals surface area contributed by atoms with E-state index in [1.165, 1.54) is 0 Å². The number of nitrogens with one attached hydrogen (secondary N) is 1. The molecule has 2 rings (SSSR count). The highest BCUT2D eigenvalue weighted by Crippen LogP contribution is 2.11. The molecule has 0 saturated carbocycles. The summed E-state index contributed by atoms with van der Waals surface area (Å²) in [4.78, 5) is 11.6. The largest absolute Gasteiger partial charge is 0.459 e. The van der Waals surface area contributed by atoms with Gasteiger partial charge in [-0.2, -0.15) is 0 Å². The summed E-state index contributed by atoms with van der Waals surface area (Å²) in [5.74, 6) is -0.548. The molecule has 0 bridgehead atoms. The van der Waals surface area contributed by atoms with E-state index in [2.05, 4.69) is 5.32 Å². The Kier molecular flexibility index (Phi) is 4.12. The van der Waals surface area contributed by atoms with Gasteiger partial charge in [0.15, 0.2) is 6.10 Å². The number of hydrogen-bond donors (Lipinski definition) is 2. The molecule has 1 heterocycles. The first-order chi connectivity index (χ1) is 8.27. The van der Waals surface area contributed by atoms with Crippen LogP contribution in [0.4, 0.5) is 0 Å². The second-order valence-electron chi connectivity index (χ2n) is 4.24. The fourth-order valence-electron chi connectivity index (χ4n) is 1.96. The Balaban J connectivity index is 1.80. The van der Waals surface area contributed by atoms with Gasteiger partial charge in [-0.3, -0.25) is 0 Å². The highest BCUT2D eigenvalue weighted by Gasteiger charge is 2.29. The van der Waals surface area contributed by atoms with Gasteiger partial charge in [-0.15, -0.1) is 0 Å². The topological polar surface area (TPSA) is 58.6 Å². The minimum atomic E-state index is -1.05. The van der Waals surface area contributed by atoms with Crippen LogP contribution in [0.15, 0.2) is 30.3 Å². The normalized spacial score (nSPS) is 21.1. The summed E-state index contributed by atoms with van der Waals surface area (Å²) in [6, 6.07) is 9.29. The van der Waals surface area contributed by atoms with Gasteiger partial charge < -0.3 is 15.2 Å². The molecule has 1 aromatic carbocycles. The molecule has 2 atom stereocenters. The van der Waals surface area contributed by atoms with Crippen LogP contribution in [0.3, 0.4) is 0 Å². The number of carbonyl (C=O) groups excluding carboxylic acids is 1. The van der Waals surface area contributed by atoms with Gasteiger partial charge in [-0.1, -0.05) is 30.3 Å². The molecule has 1 aromatic rings. The second-order valence-corrected chi connectivity index (χ2v) is 4.24. The van der Waals surface area contributed by atoms with E-state index >= 15 is 0 Å². The number of esters is 1. The molecular formula is C13H17NO3. The third kappa shape index (κ3) is 3.28. The van der Waals surface area contributed by atoms with Crippen molar-refractivity contribution in [3.05, 3.63) is 35.9 Å². The van der Waals surface area contributed by atoms with E-state index < -0.39 is 12.1 Å². The number of aliphatic hydroxyl groups excluding tert-OH is 1. The standard InChI is InChI=1S/C13H17NO3/c15-12(11-7-4-8-14-11)13(16)17-9-10-5-2-1-3-6-10/h1-3,5-6,11-12,14-15H,4,7-9H2/t11-,12?/m0/s1. The number of rotatable bonds is 4. The first-order valence-electron chi connectivity index (χ1n) is 5.89. The molecule has 0 aliphatic carbocycles. The van der Waals surface area contributed by atoms with Crippen molar-refractivity contribution in [1.82, 2.24) is 5.32 Å². The van der Waals surface area contributed by atoms with E-state index in [1.807, 2.05) is 30.3 Å². The van der Waals surface area contributed by atoms with Crippen LogP contribution in [-0.4, -0.2) is 29.8 Å². The van der Waals surface area contributed by atoms with Gasteiger partial charge in [0.2, 0.25) is 0 Å². The number of benzene rings is 1. The van der Waals surface area contributed by atoms with E-state index in [4.69, 9.17) is 4.74 Å². The fourth-order valence-corrected chi connectivity index (χ4v) is 1.96. The van der Waals surface area contributed by atoms with Crippen molar-refractivity contribution in [3.63, 3.8) is 0 Å². The van der Waals surface area contributed by atoms with Crippen molar-refractivity contribution in [2.24, 2.45) is 0 Å². The molecule has 1 saturated heterocycles. The van der Waals surface area contributed by atoms with Gasteiger partial charge in [0.05, 0.1) is 0 Å². The molecular weight excluding hydrogens is 218 g/mol. The summed E-state index contributed by atoms with van der Waals surface area (Å²) in [7, 11) is 0. The zero-order chi connectivity index (χ0) is 12.1. The Morgan fingerprint density at radius 3 is 2.88 bits per heavy atom. The van der Waals surface area contributed by atoms with Gasteiger partial charge >= 0.3 is 5.97 Å². The maximum atomic E-state index is 11.6. The van der Waals surface area contributed by atoms with E-state index in [-0.39, 0.29) is 12.6 Å². The molecule has 0 amide bonds. The van der Waals surface area contributed by atoms with Crippen LogP contribution in [0.25, 0.3) is 0 Å². The van der Waals surface area contributed by atoms with Crippen LogP contribution in [0.5, 0.6) is 0 Å². The molecule has 1 aliphatic heterocycles. The molecule has 17 heavy (non-hydrogen) atoms. The molecule has 1 unspecified atom stereocenters. The van der Waals surface area contributed by atoms with Crippen molar-refractivity contribution in [2.75, 3.05) is 6.54 Å². The number of aliphatic hydroxyl groups is 1. The fraction of sp³-hybridized carbons (Fsp3) is 0.462. The van der Waals surface area contributed by atoms with Crippen molar-refractivity contribution >= 4 is 5.97 Å². The molecule has 1 fully saturated rings. The summed E-state index contributed by atoms with van der Waals surface area (Å²) < 4.78 is 5.07. The SMILES string of the molecule is O=C(OCc1ccccc1)C(O)[C@@H]1CCCN1. The minimum absolute atomic E-state index is 0.154. The van der Waals surface area contributed by atoms with E-state index in [1.54, 1.807) is 0 Å². The zero-order valence-electron chi connectivity index (χ0n) is 9.63. The lowest BCUT2D eigenvalue weighted by Crippen LogP contribution is -2.41. The third-order valence-corrected chi connectivity index (χ3v) is 2.94. The van der Waals surface area contributed by atoms with Crippen molar-refractivity contribution in [1.29, 1.82) is 0 Å². The average molecular weight is 235 g/mol. The van der Waals surface area contributed by atoms with Crippen LogP contribution in [-0.2, 0) is 16.1 Å². The summed E-state index contributed by atoms with van der Waals surface area (Å²) in [5.41, 5.74) is 0.924. The van der Waals surface area contributed by atoms with Gasteiger partial charge in [-0.05, 0) is 24.9 Å². The van der Waals surface area contributed by atoms with Crippen LogP contribution >= 0.6 is 0 Å². The first-order valence-corrected chi connectivity index (χ1v) is 5.89. The summed E-state index contributed by atoms with van der Waals surface area (Å²) in [6.45, 7) is 1.07. The molecule has 4 nitrogen and oxygen atoms in total. The Labute approximate surface area is 101 Å². The molecule has 0 radical (unpaired) electrons. The monoisotopic (exact) mass is 235 g/mol. The first kappa shape index (κ1) is 12.1. The van der Waals surface area contributed by atoms with Crippen molar-refractivity contribution in [2.45, 2.75) is 31.6 Å². The zero-order valence-corrected chi connectivity index (χ0v) is 9.63. The lowest BCUT2D eigenvalue weighted by atomic mass is 10.1. The quantitative estimate of drug-likeness (QED) is 0.759. The molecule has 1 aliphatic rings. The summed E-state index contributed by atoms with van der Waals surface area (Å²) >= 11 is 0. The van der Waals surface area contributed by atoms with Crippen LogP contribution in [0, 0.1) is 0 Å². The maximum absolute atomic E-state index is 11.6. The predicted molar refractivity (Wildman–Crippen MR) is 63.3 cm³/mol. The molecule has 0 spiro atoms. The summed E-state index contributed by atoms with van der Waals surface area (Å²) in [6.07, 6.45) is 0.760. The molecule has 92 valence electrons. The minimum Gasteiger partial charge on any atom is -0.459 e. The Bertz CT molecular complexity index is 360. The lowest BCUT2D eigenvalue weighted by molar-refractivity contribution is -0.156. The Morgan fingerprint density at radius 2 is 2.24 bits per heavy atom. The van der Waals surface area contributed by atoms with E-state index in [0.717, 1.165) is 24.9 Å². The van der Waals surface area contributed by atoms with Gasteiger partial charge in [0.1, 0.15) is 6.61 Å².